The molecule has 3 heterocycles. The topological polar surface area (TPSA) is 45.3 Å². The van der Waals surface area contributed by atoms with Gasteiger partial charge in [0.15, 0.2) is 0 Å². The van der Waals surface area contributed by atoms with Crippen molar-refractivity contribution >= 4 is 16.8 Å². The molecule has 150 valence electrons. The highest BCUT2D eigenvalue weighted by atomic mass is 16.5. The second-order valence-corrected chi connectivity index (χ2v) is 8.65. The molecule has 2 aliphatic rings. The lowest BCUT2D eigenvalue weighted by Crippen LogP contribution is -2.51. The van der Waals surface area contributed by atoms with E-state index in [1.54, 1.807) is 0 Å². The molecule has 2 fully saturated rings. The van der Waals surface area contributed by atoms with Crippen molar-refractivity contribution < 1.29 is 9.53 Å². The lowest BCUT2D eigenvalue weighted by molar-refractivity contribution is -0.123. The number of fused-ring (bicyclic) bond motifs is 1. The van der Waals surface area contributed by atoms with Crippen LogP contribution >= 0.6 is 0 Å². The molecule has 1 amide bonds. The minimum Gasteiger partial charge on any atom is -0.375 e. The molecule has 5 rings (SSSR count). The third-order valence-electron chi connectivity index (χ3n) is 6.72. The van der Waals surface area contributed by atoms with E-state index in [1.165, 1.54) is 5.56 Å². The Hall–Kier alpha value is -2.59. The second kappa shape index (κ2) is 7.68. The molecular weight excluding hydrogens is 360 g/mol. The number of H-pyrrole nitrogens is 1. The van der Waals surface area contributed by atoms with Gasteiger partial charge < -0.3 is 14.6 Å². The van der Waals surface area contributed by atoms with Crippen molar-refractivity contribution in [2.24, 2.45) is 5.92 Å². The number of hydrogen-bond acceptors (Lipinski definition) is 2. The Balaban J connectivity index is 1.22. The lowest BCUT2D eigenvalue weighted by Gasteiger charge is -2.46. The Bertz CT molecular complexity index is 986. The maximum atomic E-state index is 13.0. The Kier molecular flexibility index (Phi) is 4.88. The molecule has 1 N–H and O–H groups in total. The quantitative estimate of drug-likeness (QED) is 0.700. The van der Waals surface area contributed by atoms with E-state index >= 15 is 0 Å². The van der Waals surface area contributed by atoms with Crippen molar-refractivity contribution in [2.45, 2.75) is 37.7 Å². The zero-order valence-corrected chi connectivity index (χ0v) is 16.8. The standard InChI is InChI=1S/C25H28N2O2/c28-24(22-6-7-23-21(17-22)8-12-26-23)27-13-10-25(11-14-27)18-20(9-15-29-25)16-19-4-2-1-3-5-19/h1-8,12,17,20,26H,9-11,13-16,18H2. The molecule has 1 atom stereocenters. The molecule has 2 aromatic carbocycles. The summed E-state index contributed by atoms with van der Waals surface area (Å²) in [6.07, 6.45) is 7.17. The maximum absolute atomic E-state index is 13.0. The molecule has 4 heteroatoms. The van der Waals surface area contributed by atoms with Gasteiger partial charge in [-0.15, -0.1) is 0 Å². The van der Waals surface area contributed by atoms with E-state index in [2.05, 4.69) is 35.3 Å². The summed E-state index contributed by atoms with van der Waals surface area (Å²) in [6, 6.07) is 18.7. The van der Waals surface area contributed by atoms with Gasteiger partial charge in [0.2, 0.25) is 0 Å². The predicted octanol–water partition coefficient (Wildman–Crippen LogP) is 4.81. The van der Waals surface area contributed by atoms with Crippen LogP contribution in [-0.2, 0) is 11.2 Å². The molecule has 4 nitrogen and oxygen atoms in total. The van der Waals surface area contributed by atoms with E-state index in [0.29, 0.717) is 5.92 Å². The van der Waals surface area contributed by atoms with Crippen LogP contribution in [0.3, 0.4) is 0 Å². The van der Waals surface area contributed by atoms with Gasteiger partial charge in [-0.2, -0.15) is 0 Å². The molecular formula is C25H28N2O2. The predicted molar refractivity (Wildman–Crippen MR) is 115 cm³/mol. The summed E-state index contributed by atoms with van der Waals surface area (Å²) >= 11 is 0. The highest BCUT2D eigenvalue weighted by Crippen LogP contribution is 2.39. The minimum atomic E-state index is -0.0426. The molecule has 1 unspecified atom stereocenters. The molecule has 2 saturated heterocycles. The van der Waals surface area contributed by atoms with Crippen molar-refractivity contribution in [2.75, 3.05) is 19.7 Å². The Labute approximate surface area is 171 Å². The SMILES string of the molecule is O=C(c1ccc2[nH]ccc2c1)N1CCC2(CC1)CC(Cc1ccccc1)CCO2. The van der Waals surface area contributed by atoms with Crippen LogP contribution in [0.5, 0.6) is 0 Å². The van der Waals surface area contributed by atoms with Gasteiger partial charge in [-0.05, 0) is 67.9 Å². The number of rotatable bonds is 3. The summed E-state index contributed by atoms with van der Waals surface area (Å²) in [5.41, 5.74) is 3.22. The van der Waals surface area contributed by atoms with Crippen LogP contribution in [0.25, 0.3) is 10.9 Å². The number of carbonyl (C=O) groups is 1. The van der Waals surface area contributed by atoms with E-state index < -0.39 is 0 Å². The molecule has 0 saturated carbocycles. The zero-order chi connectivity index (χ0) is 19.7. The monoisotopic (exact) mass is 388 g/mol. The van der Waals surface area contributed by atoms with E-state index in [9.17, 15) is 4.79 Å². The molecule has 0 bridgehead atoms. The van der Waals surface area contributed by atoms with Gasteiger partial charge in [-0.3, -0.25) is 4.79 Å². The number of nitrogens with one attached hydrogen (secondary N) is 1. The smallest absolute Gasteiger partial charge is 0.253 e. The number of carbonyl (C=O) groups excluding carboxylic acids is 1. The number of piperidine rings is 1. The van der Waals surface area contributed by atoms with E-state index in [0.717, 1.165) is 68.3 Å². The van der Waals surface area contributed by atoms with E-state index in [-0.39, 0.29) is 11.5 Å². The van der Waals surface area contributed by atoms with Crippen molar-refractivity contribution in [1.29, 1.82) is 0 Å². The van der Waals surface area contributed by atoms with Gasteiger partial charge in [-0.1, -0.05) is 30.3 Å². The van der Waals surface area contributed by atoms with Crippen LogP contribution in [0.1, 0.15) is 41.6 Å². The third-order valence-corrected chi connectivity index (χ3v) is 6.72. The first-order valence-corrected chi connectivity index (χ1v) is 10.8. The van der Waals surface area contributed by atoms with Crippen molar-refractivity contribution in [3.63, 3.8) is 0 Å². The number of aromatic amines is 1. The average molecular weight is 389 g/mol. The molecule has 0 aliphatic carbocycles. The largest absolute Gasteiger partial charge is 0.375 e. The zero-order valence-electron chi connectivity index (χ0n) is 16.8. The van der Waals surface area contributed by atoms with E-state index in [4.69, 9.17) is 4.74 Å². The van der Waals surface area contributed by atoms with Crippen LogP contribution in [0, 0.1) is 5.92 Å². The number of ether oxygens (including phenoxy) is 1. The molecule has 3 aromatic rings. The van der Waals surface area contributed by atoms with Crippen molar-refractivity contribution in [1.82, 2.24) is 9.88 Å². The summed E-state index contributed by atoms with van der Waals surface area (Å²) in [5.74, 6) is 0.809. The maximum Gasteiger partial charge on any atom is 0.253 e. The van der Waals surface area contributed by atoms with Gasteiger partial charge in [0.05, 0.1) is 5.60 Å². The third kappa shape index (κ3) is 3.82. The van der Waals surface area contributed by atoms with Gasteiger partial charge >= 0.3 is 0 Å². The van der Waals surface area contributed by atoms with Crippen molar-refractivity contribution in [3.8, 4) is 0 Å². The molecule has 29 heavy (non-hydrogen) atoms. The Morgan fingerprint density at radius 3 is 2.76 bits per heavy atom. The number of hydrogen-bond donors (Lipinski definition) is 1. The van der Waals surface area contributed by atoms with Crippen LogP contribution < -0.4 is 0 Å². The summed E-state index contributed by atoms with van der Waals surface area (Å²) in [7, 11) is 0. The molecule has 1 spiro atoms. The number of likely N-dealkylation sites (tertiary alicyclic amines) is 1. The highest BCUT2D eigenvalue weighted by molar-refractivity contribution is 5.98. The number of nitrogens with zero attached hydrogens (tertiary/aromatic N) is 1. The van der Waals surface area contributed by atoms with Crippen LogP contribution in [-0.4, -0.2) is 41.1 Å². The normalized spacial score (nSPS) is 21.5. The molecule has 2 aliphatic heterocycles. The minimum absolute atomic E-state index is 0.0426. The van der Waals surface area contributed by atoms with Crippen LogP contribution in [0.4, 0.5) is 0 Å². The Morgan fingerprint density at radius 2 is 1.93 bits per heavy atom. The molecule has 1 aromatic heterocycles. The highest BCUT2D eigenvalue weighted by Gasteiger charge is 2.41. The summed E-state index contributed by atoms with van der Waals surface area (Å²) in [4.78, 5) is 18.2. The first kappa shape index (κ1) is 18.4. The van der Waals surface area contributed by atoms with Gasteiger partial charge in [0.1, 0.15) is 0 Å². The first-order chi connectivity index (χ1) is 14.2. The Morgan fingerprint density at radius 1 is 1.10 bits per heavy atom. The summed E-state index contributed by atoms with van der Waals surface area (Å²) < 4.78 is 6.31. The van der Waals surface area contributed by atoms with Gasteiger partial charge in [0, 0.05) is 42.4 Å². The second-order valence-electron chi connectivity index (χ2n) is 8.65. The van der Waals surface area contributed by atoms with Gasteiger partial charge in [0.25, 0.3) is 5.91 Å². The fraction of sp³-hybridized carbons (Fsp3) is 0.400. The molecule has 0 radical (unpaired) electrons. The average Bonchev–Trinajstić information content (AvgIpc) is 3.23. The fourth-order valence-corrected chi connectivity index (χ4v) is 5.09. The summed E-state index contributed by atoms with van der Waals surface area (Å²) in [6.45, 7) is 2.40. The number of amides is 1. The first-order valence-electron chi connectivity index (χ1n) is 10.8. The number of aromatic nitrogens is 1. The van der Waals surface area contributed by atoms with Crippen LogP contribution in [0.2, 0.25) is 0 Å². The van der Waals surface area contributed by atoms with Crippen molar-refractivity contribution in [3.05, 3.63) is 71.9 Å². The lowest BCUT2D eigenvalue weighted by atomic mass is 9.77. The number of benzene rings is 2. The van der Waals surface area contributed by atoms with E-state index in [1.807, 2.05) is 35.4 Å². The summed E-state index contributed by atoms with van der Waals surface area (Å²) in [5, 5.41) is 1.09. The fourth-order valence-electron chi connectivity index (χ4n) is 5.09. The van der Waals surface area contributed by atoms with Gasteiger partial charge in [-0.25, -0.2) is 0 Å². The van der Waals surface area contributed by atoms with Crippen LogP contribution in [0.15, 0.2) is 60.8 Å².